The number of rotatable bonds is 5. The molecule has 0 heterocycles. The zero-order chi connectivity index (χ0) is 15.3. The largest absolute Gasteiger partial charge is 0.480 e. The second-order valence-corrected chi connectivity index (χ2v) is 4.05. The number of halogens is 1. The van der Waals surface area contributed by atoms with Crippen molar-refractivity contribution in [3.63, 3.8) is 0 Å². The van der Waals surface area contributed by atoms with Gasteiger partial charge in [-0.05, 0) is 24.3 Å². The lowest BCUT2D eigenvalue weighted by atomic mass is 10.2. The van der Waals surface area contributed by atoms with Crippen LogP contribution in [-0.4, -0.2) is 36.1 Å². The summed E-state index contributed by atoms with van der Waals surface area (Å²) in [5.41, 5.74) is 5.27. The lowest BCUT2D eigenvalue weighted by Crippen LogP contribution is -2.48. The minimum atomic E-state index is -1.41. The summed E-state index contributed by atoms with van der Waals surface area (Å²) in [6, 6.07) is 2.89. The molecule has 0 aliphatic rings. The van der Waals surface area contributed by atoms with Gasteiger partial charge in [0.15, 0.2) is 0 Å². The third-order valence-electron chi connectivity index (χ3n) is 2.52. The highest BCUT2D eigenvalue weighted by Crippen LogP contribution is 2.13. The number of benzene rings is 1. The number of anilines is 1. The van der Waals surface area contributed by atoms with Crippen molar-refractivity contribution in [1.29, 1.82) is 0 Å². The van der Waals surface area contributed by atoms with E-state index in [1.54, 1.807) is 0 Å². The van der Waals surface area contributed by atoms with Crippen molar-refractivity contribution < 1.29 is 23.9 Å². The molecule has 0 saturated carbocycles. The van der Waals surface area contributed by atoms with Gasteiger partial charge >= 0.3 is 12.0 Å². The predicted octanol–water partition coefficient (Wildman–Crippen LogP) is 0.300. The number of nitrogens with zero attached hydrogens (tertiary/aromatic N) is 1. The molecular formula is C12H14FN3O4. The lowest BCUT2D eigenvalue weighted by molar-refractivity contribution is -0.140. The average molecular weight is 283 g/mol. The SMILES string of the molecule is CN(C(=O)N[C@H](CC(N)=O)C(=O)O)c1ccc(F)cc1. The first-order valence-corrected chi connectivity index (χ1v) is 5.62. The molecule has 7 nitrogen and oxygen atoms in total. The third kappa shape index (κ3) is 4.23. The van der Waals surface area contributed by atoms with Gasteiger partial charge in [-0.2, -0.15) is 0 Å². The molecule has 1 aromatic carbocycles. The normalized spacial score (nSPS) is 11.5. The van der Waals surface area contributed by atoms with Crippen molar-refractivity contribution in [2.75, 3.05) is 11.9 Å². The van der Waals surface area contributed by atoms with E-state index in [0.29, 0.717) is 5.69 Å². The molecule has 0 aromatic heterocycles. The van der Waals surface area contributed by atoms with E-state index in [9.17, 15) is 18.8 Å². The summed E-state index contributed by atoms with van der Waals surface area (Å²) in [6.07, 6.45) is -0.516. The maximum Gasteiger partial charge on any atom is 0.326 e. The maximum absolute atomic E-state index is 12.8. The number of amides is 3. The Morgan fingerprint density at radius 3 is 2.35 bits per heavy atom. The molecule has 0 spiro atoms. The zero-order valence-electron chi connectivity index (χ0n) is 10.7. The lowest BCUT2D eigenvalue weighted by Gasteiger charge is -2.20. The molecule has 0 radical (unpaired) electrons. The molecule has 0 aliphatic heterocycles. The van der Waals surface area contributed by atoms with E-state index < -0.39 is 36.2 Å². The van der Waals surface area contributed by atoms with Gasteiger partial charge in [0.05, 0.1) is 6.42 Å². The summed E-state index contributed by atoms with van der Waals surface area (Å²) in [5.74, 6) is -2.67. The van der Waals surface area contributed by atoms with Gasteiger partial charge in [0.25, 0.3) is 0 Å². The van der Waals surface area contributed by atoms with Crippen LogP contribution < -0.4 is 16.0 Å². The minimum Gasteiger partial charge on any atom is -0.480 e. The van der Waals surface area contributed by atoms with E-state index in [-0.39, 0.29) is 0 Å². The van der Waals surface area contributed by atoms with E-state index in [1.165, 1.54) is 19.2 Å². The van der Waals surface area contributed by atoms with Gasteiger partial charge in [-0.15, -0.1) is 0 Å². The monoisotopic (exact) mass is 283 g/mol. The molecule has 1 rings (SSSR count). The van der Waals surface area contributed by atoms with Crippen molar-refractivity contribution in [3.8, 4) is 0 Å². The number of hydrogen-bond donors (Lipinski definition) is 3. The smallest absolute Gasteiger partial charge is 0.326 e. The Balaban J connectivity index is 2.75. The number of nitrogens with two attached hydrogens (primary N) is 1. The van der Waals surface area contributed by atoms with Crippen LogP contribution >= 0.6 is 0 Å². The molecule has 108 valence electrons. The Labute approximate surface area is 114 Å². The number of urea groups is 1. The van der Waals surface area contributed by atoms with Gasteiger partial charge in [0.2, 0.25) is 5.91 Å². The molecule has 0 saturated heterocycles. The molecule has 0 fully saturated rings. The Morgan fingerprint density at radius 2 is 1.90 bits per heavy atom. The topological polar surface area (TPSA) is 113 Å². The van der Waals surface area contributed by atoms with Crippen molar-refractivity contribution in [3.05, 3.63) is 30.1 Å². The Bertz CT molecular complexity index is 518. The number of carbonyl (C=O) groups is 3. The van der Waals surface area contributed by atoms with E-state index in [4.69, 9.17) is 10.8 Å². The van der Waals surface area contributed by atoms with Crippen LogP contribution in [0.1, 0.15) is 6.42 Å². The minimum absolute atomic E-state index is 0.368. The van der Waals surface area contributed by atoms with Crippen LogP contribution in [0, 0.1) is 5.82 Å². The molecule has 1 atom stereocenters. The van der Waals surface area contributed by atoms with Crippen LogP contribution in [0.25, 0.3) is 0 Å². The molecule has 8 heteroatoms. The molecule has 3 amide bonds. The fraction of sp³-hybridized carbons (Fsp3) is 0.250. The fourth-order valence-electron chi connectivity index (χ4n) is 1.43. The summed E-state index contributed by atoms with van der Waals surface area (Å²) in [4.78, 5) is 34.5. The molecule has 1 aromatic rings. The highest BCUT2D eigenvalue weighted by Gasteiger charge is 2.24. The summed E-state index contributed by atoms with van der Waals surface area (Å²) >= 11 is 0. The fourth-order valence-corrected chi connectivity index (χ4v) is 1.43. The average Bonchev–Trinajstić information content (AvgIpc) is 2.37. The Kier molecular flexibility index (Phi) is 5.01. The number of aliphatic carboxylic acids is 1. The number of carbonyl (C=O) groups excluding carboxylic acids is 2. The van der Waals surface area contributed by atoms with Crippen LogP contribution in [0.4, 0.5) is 14.9 Å². The number of carboxylic acids is 1. The molecule has 4 N–H and O–H groups in total. The van der Waals surface area contributed by atoms with E-state index in [1.807, 2.05) is 0 Å². The first kappa shape index (κ1) is 15.4. The zero-order valence-corrected chi connectivity index (χ0v) is 10.7. The number of carboxylic acid groups (broad SMARTS) is 1. The third-order valence-corrected chi connectivity index (χ3v) is 2.52. The van der Waals surface area contributed by atoms with Crippen LogP contribution in [0.3, 0.4) is 0 Å². The molecule has 0 unspecified atom stereocenters. The van der Waals surface area contributed by atoms with Crippen LogP contribution in [0.5, 0.6) is 0 Å². The van der Waals surface area contributed by atoms with Gasteiger partial charge in [-0.25, -0.2) is 14.0 Å². The van der Waals surface area contributed by atoms with Gasteiger partial charge in [-0.3, -0.25) is 9.69 Å². The van der Waals surface area contributed by atoms with Crippen LogP contribution in [-0.2, 0) is 9.59 Å². The highest BCUT2D eigenvalue weighted by atomic mass is 19.1. The second-order valence-electron chi connectivity index (χ2n) is 4.05. The standard InChI is InChI=1S/C12H14FN3O4/c1-16(8-4-2-7(13)3-5-8)12(20)15-9(11(18)19)6-10(14)17/h2-5,9H,6H2,1H3,(H2,14,17)(H,15,20)(H,18,19)/t9-/m1/s1. The quantitative estimate of drug-likeness (QED) is 0.721. The summed E-state index contributed by atoms with van der Waals surface area (Å²) < 4.78 is 12.8. The van der Waals surface area contributed by atoms with Gasteiger partial charge in [0.1, 0.15) is 11.9 Å². The van der Waals surface area contributed by atoms with Crippen molar-refractivity contribution in [2.24, 2.45) is 5.73 Å². The van der Waals surface area contributed by atoms with Gasteiger partial charge < -0.3 is 16.2 Å². The van der Waals surface area contributed by atoms with Crippen LogP contribution in [0.15, 0.2) is 24.3 Å². The summed E-state index contributed by atoms with van der Waals surface area (Å²) in [7, 11) is 1.38. The van der Waals surface area contributed by atoms with E-state index in [0.717, 1.165) is 17.0 Å². The first-order chi connectivity index (χ1) is 9.31. The summed E-state index contributed by atoms with van der Waals surface area (Å²) in [5, 5.41) is 11.0. The highest BCUT2D eigenvalue weighted by molar-refractivity contribution is 5.95. The van der Waals surface area contributed by atoms with E-state index >= 15 is 0 Å². The van der Waals surface area contributed by atoms with Crippen molar-refractivity contribution in [1.82, 2.24) is 5.32 Å². The first-order valence-electron chi connectivity index (χ1n) is 5.62. The number of nitrogens with one attached hydrogen (secondary N) is 1. The van der Waals surface area contributed by atoms with Crippen molar-refractivity contribution >= 4 is 23.6 Å². The maximum atomic E-state index is 12.8. The number of hydrogen-bond acceptors (Lipinski definition) is 3. The van der Waals surface area contributed by atoms with E-state index in [2.05, 4.69) is 5.32 Å². The molecule has 0 bridgehead atoms. The van der Waals surface area contributed by atoms with Gasteiger partial charge in [0, 0.05) is 12.7 Å². The molecular weight excluding hydrogens is 269 g/mol. The number of primary amides is 1. The Morgan fingerprint density at radius 1 is 1.35 bits per heavy atom. The summed E-state index contributed by atoms with van der Waals surface area (Å²) in [6.45, 7) is 0. The molecule has 20 heavy (non-hydrogen) atoms. The van der Waals surface area contributed by atoms with Crippen LogP contribution in [0.2, 0.25) is 0 Å². The Hall–Kier alpha value is -2.64. The predicted molar refractivity (Wildman–Crippen MR) is 68.6 cm³/mol. The van der Waals surface area contributed by atoms with Gasteiger partial charge in [-0.1, -0.05) is 0 Å². The molecule has 0 aliphatic carbocycles. The van der Waals surface area contributed by atoms with Crippen molar-refractivity contribution in [2.45, 2.75) is 12.5 Å². The second kappa shape index (κ2) is 6.50.